The van der Waals surface area contributed by atoms with Crippen molar-refractivity contribution in [1.29, 1.82) is 0 Å². The van der Waals surface area contributed by atoms with Crippen LogP contribution in [0.4, 0.5) is 0 Å². The molecule has 0 spiro atoms. The smallest absolute Gasteiger partial charge is 0.339 e. The van der Waals surface area contributed by atoms with Crippen LogP contribution >= 0.6 is 0 Å². The first-order valence-electron chi connectivity index (χ1n) is 9.92. The minimum absolute atomic E-state index is 0.0326. The van der Waals surface area contributed by atoms with Gasteiger partial charge in [0, 0.05) is 5.56 Å². The molecule has 0 amide bonds. The summed E-state index contributed by atoms with van der Waals surface area (Å²) in [6.45, 7) is 8.33. The van der Waals surface area contributed by atoms with E-state index >= 15 is 0 Å². The monoisotopic (exact) mass is 374 g/mol. The summed E-state index contributed by atoms with van der Waals surface area (Å²) in [6.07, 6.45) is 10.8. The molecule has 0 fully saturated rings. The fourth-order valence-electron chi connectivity index (χ4n) is 3.02. The van der Waals surface area contributed by atoms with E-state index in [0.717, 1.165) is 44.1 Å². The van der Waals surface area contributed by atoms with Gasteiger partial charge in [-0.05, 0) is 64.0 Å². The maximum atomic E-state index is 11.6. The van der Waals surface area contributed by atoms with Gasteiger partial charge in [0.15, 0.2) is 0 Å². The molecular formula is C23H34O4. The zero-order valence-electron chi connectivity index (χ0n) is 17.1. The summed E-state index contributed by atoms with van der Waals surface area (Å²) in [4.78, 5) is 11.6. The maximum Gasteiger partial charge on any atom is 0.339 e. The van der Waals surface area contributed by atoms with E-state index in [9.17, 15) is 20.1 Å². The summed E-state index contributed by atoms with van der Waals surface area (Å²) in [5.41, 5.74) is 3.22. The van der Waals surface area contributed by atoms with Crippen LogP contribution in [-0.2, 0) is 12.8 Å². The number of phenolic OH excluding ortho intramolecular Hbond substituents is 1. The van der Waals surface area contributed by atoms with Crippen molar-refractivity contribution in [3.63, 3.8) is 0 Å². The molecule has 0 bridgehead atoms. The van der Waals surface area contributed by atoms with Gasteiger partial charge in [-0.3, -0.25) is 0 Å². The Morgan fingerprint density at radius 2 is 1.78 bits per heavy atom. The molecule has 0 unspecified atom stereocenters. The number of rotatable bonds is 11. The number of aromatic carboxylic acids is 1. The van der Waals surface area contributed by atoms with Crippen LogP contribution in [0.15, 0.2) is 29.4 Å². The van der Waals surface area contributed by atoms with E-state index in [-0.39, 0.29) is 22.6 Å². The van der Waals surface area contributed by atoms with Gasteiger partial charge in [0.1, 0.15) is 17.1 Å². The van der Waals surface area contributed by atoms with Gasteiger partial charge in [0.2, 0.25) is 0 Å². The number of phenols is 2. The van der Waals surface area contributed by atoms with Crippen molar-refractivity contribution < 1.29 is 20.1 Å². The van der Waals surface area contributed by atoms with Crippen LogP contribution in [0, 0.1) is 0 Å². The first-order valence-corrected chi connectivity index (χ1v) is 9.92. The number of unbranched alkanes of at least 4 members (excludes halogenated alkanes) is 2. The largest absolute Gasteiger partial charge is 0.508 e. The van der Waals surface area contributed by atoms with E-state index in [1.165, 1.54) is 11.6 Å². The fraction of sp³-hybridized carbons (Fsp3) is 0.522. The molecule has 0 radical (unpaired) electrons. The zero-order valence-corrected chi connectivity index (χ0v) is 17.1. The molecule has 150 valence electrons. The van der Waals surface area contributed by atoms with Crippen LogP contribution in [0.1, 0.15) is 87.7 Å². The summed E-state index contributed by atoms with van der Waals surface area (Å²) < 4.78 is 0. The van der Waals surface area contributed by atoms with Crippen molar-refractivity contribution in [1.82, 2.24) is 0 Å². The number of carbonyl (C=O) groups is 1. The van der Waals surface area contributed by atoms with Crippen LogP contribution in [-0.4, -0.2) is 21.3 Å². The normalized spacial score (nSPS) is 12.4. The molecule has 0 atom stereocenters. The molecule has 0 aliphatic rings. The average Bonchev–Trinajstić information content (AvgIpc) is 2.60. The van der Waals surface area contributed by atoms with Gasteiger partial charge in [0.25, 0.3) is 0 Å². The van der Waals surface area contributed by atoms with E-state index in [1.54, 1.807) is 0 Å². The van der Waals surface area contributed by atoms with E-state index in [1.807, 2.05) is 13.0 Å². The molecule has 0 saturated carbocycles. The summed E-state index contributed by atoms with van der Waals surface area (Å²) >= 11 is 0. The van der Waals surface area contributed by atoms with Gasteiger partial charge in [-0.1, -0.05) is 50.0 Å². The minimum Gasteiger partial charge on any atom is -0.508 e. The van der Waals surface area contributed by atoms with E-state index in [0.29, 0.717) is 18.4 Å². The van der Waals surface area contributed by atoms with E-state index in [2.05, 4.69) is 26.8 Å². The Balaban J connectivity index is 2.99. The molecular weight excluding hydrogens is 340 g/mol. The van der Waals surface area contributed by atoms with Crippen LogP contribution in [0.5, 0.6) is 11.5 Å². The molecule has 0 aliphatic carbocycles. The number of hydrogen-bond donors (Lipinski definition) is 3. The first kappa shape index (κ1) is 22.8. The molecule has 4 nitrogen and oxygen atoms in total. The molecule has 1 rings (SSSR count). The van der Waals surface area contributed by atoms with Gasteiger partial charge in [-0.2, -0.15) is 0 Å². The second-order valence-corrected chi connectivity index (χ2v) is 7.22. The fourth-order valence-corrected chi connectivity index (χ4v) is 3.02. The van der Waals surface area contributed by atoms with Crippen molar-refractivity contribution in [2.75, 3.05) is 0 Å². The number of benzene rings is 1. The Hall–Kier alpha value is -2.23. The predicted molar refractivity (Wildman–Crippen MR) is 111 cm³/mol. The lowest BCUT2D eigenvalue weighted by molar-refractivity contribution is 0.0692. The lowest BCUT2D eigenvalue weighted by Crippen LogP contribution is -2.05. The summed E-state index contributed by atoms with van der Waals surface area (Å²) in [5, 5.41) is 30.4. The molecule has 0 aliphatic heterocycles. The van der Waals surface area contributed by atoms with Gasteiger partial charge >= 0.3 is 5.97 Å². The van der Waals surface area contributed by atoms with Crippen molar-refractivity contribution in [3.8, 4) is 11.5 Å². The standard InChI is InChI=1S/C23H34O4/c1-5-7-8-12-18-15-20(24)19(22(25)21(18)23(26)27)14-13-17(4)11-9-10-16(3)6-2/h10,13,15,24-25H,5-9,11-12,14H2,1-4H3,(H,26,27)/b16-10?,17-13+. The topological polar surface area (TPSA) is 77.8 Å². The highest BCUT2D eigenvalue weighted by atomic mass is 16.4. The number of aryl methyl sites for hydroxylation is 1. The lowest BCUT2D eigenvalue weighted by Gasteiger charge is -2.14. The van der Waals surface area contributed by atoms with Crippen molar-refractivity contribution in [3.05, 3.63) is 46.1 Å². The molecule has 0 saturated heterocycles. The van der Waals surface area contributed by atoms with Crippen molar-refractivity contribution >= 4 is 5.97 Å². The summed E-state index contributed by atoms with van der Waals surface area (Å²) in [7, 11) is 0. The Morgan fingerprint density at radius 1 is 1.07 bits per heavy atom. The van der Waals surface area contributed by atoms with Crippen LogP contribution in [0.2, 0.25) is 0 Å². The number of carboxylic acid groups (broad SMARTS) is 1. The van der Waals surface area contributed by atoms with Crippen LogP contribution < -0.4 is 0 Å². The summed E-state index contributed by atoms with van der Waals surface area (Å²) in [6, 6.07) is 1.50. The number of hydrogen-bond acceptors (Lipinski definition) is 3. The molecule has 4 heteroatoms. The highest BCUT2D eigenvalue weighted by molar-refractivity contribution is 5.93. The number of allylic oxidation sites excluding steroid dienone is 4. The quantitative estimate of drug-likeness (QED) is 0.320. The SMILES string of the molecule is CCCCCc1cc(O)c(C/C=C(\C)CCC=C(C)CC)c(O)c1C(=O)O. The van der Waals surface area contributed by atoms with Crippen LogP contribution in [0.3, 0.4) is 0 Å². The zero-order chi connectivity index (χ0) is 20.4. The third kappa shape index (κ3) is 7.12. The highest BCUT2D eigenvalue weighted by Gasteiger charge is 2.21. The van der Waals surface area contributed by atoms with Gasteiger partial charge < -0.3 is 15.3 Å². The highest BCUT2D eigenvalue weighted by Crippen LogP contribution is 2.35. The van der Waals surface area contributed by atoms with E-state index < -0.39 is 5.97 Å². The summed E-state index contributed by atoms with van der Waals surface area (Å²) in [5.74, 6) is -1.49. The average molecular weight is 375 g/mol. The van der Waals surface area contributed by atoms with E-state index in [4.69, 9.17) is 0 Å². The molecule has 1 aromatic carbocycles. The van der Waals surface area contributed by atoms with Gasteiger partial charge in [0.05, 0.1) is 0 Å². The van der Waals surface area contributed by atoms with Gasteiger partial charge in [-0.25, -0.2) is 4.79 Å². The van der Waals surface area contributed by atoms with Crippen molar-refractivity contribution in [2.24, 2.45) is 0 Å². The molecule has 0 aromatic heterocycles. The van der Waals surface area contributed by atoms with Crippen LogP contribution in [0.25, 0.3) is 0 Å². The number of aromatic hydroxyl groups is 2. The Labute approximate surface area is 163 Å². The molecule has 3 N–H and O–H groups in total. The lowest BCUT2D eigenvalue weighted by atomic mass is 9.95. The third-order valence-electron chi connectivity index (χ3n) is 4.97. The van der Waals surface area contributed by atoms with Crippen molar-refractivity contribution in [2.45, 2.75) is 79.1 Å². The third-order valence-corrected chi connectivity index (χ3v) is 4.97. The number of carboxylic acids is 1. The second kappa shape index (κ2) is 11.5. The van der Waals surface area contributed by atoms with Gasteiger partial charge in [-0.15, -0.1) is 0 Å². The maximum absolute atomic E-state index is 11.6. The molecule has 1 aromatic rings. The predicted octanol–water partition coefficient (Wildman–Crippen LogP) is 6.15. The Bertz CT molecular complexity index is 699. The molecule has 0 heterocycles. The Kier molecular flexibility index (Phi) is 9.70. The minimum atomic E-state index is -1.15. The Morgan fingerprint density at radius 3 is 2.37 bits per heavy atom. The second-order valence-electron chi connectivity index (χ2n) is 7.22. The first-order chi connectivity index (χ1) is 12.8. The molecule has 27 heavy (non-hydrogen) atoms.